The van der Waals surface area contributed by atoms with Crippen molar-refractivity contribution >= 4 is 45.0 Å². The summed E-state index contributed by atoms with van der Waals surface area (Å²) in [5.41, 5.74) is 0.870. The zero-order valence-electron chi connectivity index (χ0n) is 19.9. The Morgan fingerprint density at radius 2 is 1.86 bits per heavy atom. The van der Waals surface area contributed by atoms with E-state index >= 15 is 0 Å². The third kappa shape index (κ3) is 5.26. The number of hydrogen-bond acceptors (Lipinski definition) is 7. The maximum absolute atomic E-state index is 13.3. The number of benzene rings is 2. The number of fused-ring (bicyclic) bond motifs is 1. The standard InChI is InChI=1S/C24H29N3O6S2/c1-16-15-34-22-9-7-18(35(30,31)26-10-4-5-11-26)13-20(22)27(24(16)29)14-23(28)25-19-8-6-17(32-2)12-21(19)33-3/h6-9,12-13,16H,4-5,10-11,14-15H2,1-3H3,(H,25,28)/t16-/m1/s1. The zero-order chi connectivity index (χ0) is 25.2. The van der Waals surface area contributed by atoms with Crippen molar-refractivity contribution in [2.45, 2.75) is 29.6 Å². The second-order valence-corrected chi connectivity index (χ2v) is 11.5. The first-order valence-electron chi connectivity index (χ1n) is 11.3. The van der Waals surface area contributed by atoms with Crippen LogP contribution in [0, 0.1) is 5.92 Å². The monoisotopic (exact) mass is 519 g/mol. The zero-order valence-corrected chi connectivity index (χ0v) is 21.6. The molecule has 188 valence electrons. The SMILES string of the molecule is COc1ccc(NC(=O)CN2C(=O)[C@H](C)CSc3ccc(S(=O)(=O)N4CCCC4)cc32)c(OC)c1. The molecular weight excluding hydrogens is 490 g/mol. The highest BCUT2D eigenvalue weighted by atomic mass is 32.2. The molecule has 9 nitrogen and oxygen atoms in total. The molecule has 2 aliphatic heterocycles. The van der Waals surface area contributed by atoms with Gasteiger partial charge < -0.3 is 19.7 Å². The van der Waals surface area contributed by atoms with Crippen LogP contribution in [0.2, 0.25) is 0 Å². The van der Waals surface area contributed by atoms with E-state index in [4.69, 9.17) is 9.47 Å². The quantitative estimate of drug-likeness (QED) is 0.599. The molecular formula is C24H29N3O6S2. The van der Waals surface area contributed by atoms with Gasteiger partial charge in [-0.1, -0.05) is 6.92 Å². The predicted molar refractivity (Wildman–Crippen MR) is 135 cm³/mol. The van der Waals surface area contributed by atoms with E-state index in [1.165, 1.54) is 41.3 Å². The summed E-state index contributed by atoms with van der Waals surface area (Å²) in [6.45, 7) is 2.51. The fourth-order valence-corrected chi connectivity index (χ4v) is 6.73. The first-order valence-corrected chi connectivity index (χ1v) is 13.8. The van der Waals surface area contributed by atoms with Crippen LogP contribution in [-0.2, 0) is 19.6 Å². The van der Waals surface area contributed by atoms with E-state index in [0.717, 1.165) is 17.7 Å². The number of amides is 2. The van der Waals surface area contributed by atoms with Gasteiger partial charge in [-0.2, -0.15) is 4.31 Å². The Hall–Kier alpha value is -2.76. The molecule has 2 heterocycles. The second kappa shape index (κ2) is 10.5. The Balaban J connectivity index is 1.64. The maximum Gasteiger partial charge on any atom is 0.244 e. The van der Waals surface area contributed by atoms with E-state index in [1.807, 2.05) is 0 Å². The number of hydrogen-bond donors (Lipinski definition) is 1. The molecule has 2 aromatic rings. The van der Waals surface area contributed by atoms with Crippen molar-refractivity contribution in [3.63, 3.8) is 0 Å². The van der Waals surface area contributed by atoms with Gasteiger partial charge >= 0.3 is 0 Å². The molecule has 0 saturated carbocycles. The highest BCUT2D eigenvalue weighted by Crippen LogP contribution is 2.38. The van der Waals surface area contributed by atoms with Crippen LogP contribution < -0.4 is 19.7 Å². The number of carbonyl (C=O) groups excluding carboxylic acids is 2. The lowest BCUT2D eigenvalue weighted by molar-refractivity contribution is -0.123. The molecule has 2 aliphatic rings. The van der Waals surface area contributed by atoms with Crippen molar-refractivity contribution in [1.82, 2.24) is 4.31 Å². The topological polar surface area (TPSA) is 105 Å². The summed E-state index contributed by atoms with van der Waals surface area (Å²) in [7, 11) is -0.653. The first-order chi connectivity index (χ1) is 16.7. The lowest BCUT2D eigenvalue weighted by Crippen LogP contribution is -2.41. The maximum atomic E-state index is 13.3. The number of sulfonamides is 1. The number of carbonyl (C=O) groups is 2. The summed E-state index contributed by atoms with van der Waals surface area (Å²) >= 11 is 1.48. The van der Waals surface area contributed by atoms with E-state index in [2.05, 4.69) is 5.32 Å². The second-order valence-electron chi connectivity index (χ2n) is 8.49. The molecule has 1 saturated heterocycles. The van der Waals surface area contributed by atoms with Gasteiger partial charge in [-0.3, -0.25) is 9.59 Å². The summed E-state index contributed by atoms with van der Waals surface area (Å²) in [6, 6.07) is 9.83. The van der Waals surface area contributed by atoms with E-state index in [-0.39, 0.29) is 23.3 Å². The number of nitrogens with zero attached hydrogens (tertiary/aromatic N) is 2. The van der Waals surface area contributed by atoms with Crippen LogP contribution in [0.3, 0.4) is 0 Å². The Bertz CT molecular complexity index is 1230. The van der Waals surface area contributed by atoms with Gasteiger partial charge in [-0.15, -0.1) is 11.8 Å². The van der Waals surface area contributed by atoms with E-state index < -0.39 is 15.9 Å². The van der Waals surface area contributed by atoms with Crippen LogP contribution in [0.4, 0.5) is 11.4 Å². The Morgan fingerprint density at radius 3 is 2.54 bits per heavy atom. The van der Waals surface area contributed by atoms with Crippen LogP contribution in [0.15, 0.2) is 46.2 Å². The van der Waals surface area contributed by atoms with Crippen LogP contribution in [0.25, 0.3) is 0 Å². The largest absolute Gasteiger partial charge is 0.497 e. The average Bonchev–Trinajstić information content (AvgIpc) is 3.38. The Kier molecular flexibility index (Phi) is 7.58. The number of ether oxygens (including phenoxy) is 2. The number of thioether (sulfide) groups is 1. The normalized spacial score (nSPS) is 18.7. The smallest absolute Gasteiger partial charge is 0.244 e. The summed E-state index contributed by atoms with van der Waals surface area (Å²) < 4.78 is 38.3. The molecule has 0 aromatic heterocycles. The third-order valence-electron chi connectivity index (χ3n) is 6.08. The van der Waals surface area contributed by atoms with Gasteiger partial charge in [-0.05, 0) is 43.2 Å². The number of nitrogens with one attached hydrogen (secondary N) is 1. The molecule has 2 aromatic carbocycles. The molecule has 4 rings (SSSR count). The molecule has 0 bridgehead atoms. The number of anilines is 2. The minimum Gasteiger partial charge on any atom is -0.497 e. The minimum absolute atomic E-state index is 0.128. The molecule has 0 unspecified atom stereocenters. The van der Waals surface area contributed by atoms with Gasteiger partial charge in [0, 0.05) is 35.7 Å². The summed E-state index contributed by atoms with van der Waals surface area (Å²) in [5.74, 6) is 0.532. The van der Waals surface area contributed by atoms with Crippen molar-refractivity contribution in [3.05, 3.63) is 36.4 Å². The van der Waals surface area contributed by atoms with Crippen molar-refractivity contribution in [3.8, 4) is 11.5 Å². The van der Waals surface area contributed by atoms with Crippen molar-refractivity contribution in [2.75, 3.05) is 49.8 Å². The molecule has 35 heavy (non-hydrogen) atoms. The van der Waals surface area contributed by atoms with Gasteiger partial charge in [0.15, 0.2) is 0 Å². The summed E-state index contributed by atoms with van der Waals surface area (Å²) in [5, 5.41) is 2.79. The highest BCUT2D eigenvalue weighted by molar-refractivity contribution is 7.99. The lowest BCUT2D eigenvalue weighted by atomic mass is 10.1. The van der Waals surface area contributed by atoms with Gasteiger partial charge in [-0.25, -0.2) is 8.42 Å². The minimum atomic E-state index is -3.67. The summed E-state index contributed by atoms with van der Waals surface area (Å²) in [6.07, 6.45) is 1.66. The average molecular weight is 520 g/mol. The third-order valence-corrected chi connectivity index (χ3v) is 9.30. The first kappa shape index (κ1) is 25.3. The molecule has 0 aliphatic carbocycles. The predicted octanol–water partition coefficient (Wildman–Crippen LogP) is 3.20. The van der Waals surface area contributed by atoms with E-state index in [9.17, 15) is 18.0 Å². The fraction of sp³-hybridized carbons (Fsp3) is 0.417. The number of methoxy groups -OCH3 is 2. The van der Waals surface area contributed by atoms with Gasteiger partial charge in [0.2, 0.25) is 21.8 Å². The van der Waals surface area contributed by atoms with Crippen molar-refractivity contribution in [1.29, 1.82) is 0 Å². The highest BCUT2D eigenvalue weighted by Gasteiger charge is 2.33. The van der Waals surface area contributed by atoms with Crippen LogP contribution in [-0.4, -0.2) is 64.1 Å². The fourth-order valence-electron chi connectivity index (χ4n) is 4.14. The Labute approximate surface area is 209 Å². The molecule has 11 heteroatoms. The van der Waals surface area contributed by atoms with Crippen LogP contribution in [0.1, 0.15) is 19.8 Å². The molecule has 1 fully saturated rings. The van der Waals surface area contributed by atoms with Crippen LogP contribution in [0.5, 0.6) is 11.5 Å². The Morgan fingerprint density at radius 1 is 1.11 bits per heavy atom. The van der Waals surface area contributed by atoms with Crippen molar-refractivity contribution in [2.24, 2.45) is 5.92 Å². The van der Waals surface area contributed by atoms with Gasteiger partial charge in [0.1, 0.15) is 18.0 Å². The van der Waals surface area contributed by atoms with Crippen molar-refractivity contribution < 1.29 is 27.5 Å². The summed E-state index contributed by atoms with van der Waals surface area (Å²) in [4.78, 5) is 28.6. The van der Waals surface area contributed by atoms with E-state index in [1.54, 1.807) is 37.3 Å². The molecule has 1 atom stereocenters. The van der Waals surface area contributed by atoms with Crippen LogP contribution >= 0.6 is 11.8 Å². The molecule has 2 amide bonds. The molecule has 0 spiro atoms. The van der Waals surface area contributed by atoms with E-state index in [0.29, 0.717) is 41.7 Å². The number of rotatable bonds is 7. The molecule has 1 N–H and O–H groups in total. The van der Waals surface area contributed by atoms with Gasteiger partial charge in [0.05, 0.1) is 30.5 Å². The lowest BCUT2D eigenvalue weighted by Gasteiger charge is -2.25. The van der Waals surface area contributed by atoms with Gasteiger partial charge in [0.25, 0.3) is 0 Å². The molecule has 0 radical (unpaired) electrons.